The van der Waals surface area contributed by atoms with E-state index >= 15 is 0 Å². The van der Waals surface area contributed by atoms with E-state index in [0.29, 0.717) is 11.3 Å². The molecule has 3 atom stereocenters. The SMILES string of the molecule is C=C(C)C1CC2(CCl)C=CC1C2. The smallest absolute Gasteiger partial charge is 0.0315 e. The monoisotopic (exact) mass is 182 g/mol. The Morgan fingerprint density at radius 2 is 2.42 bits per heavy atom. The molecule has 2 bridgehead atoms. The highest BCUT2D eigenvalue weighted by Gasteiger charge is 2.46. The van der Waals surface area contributed by atoms with Gasteiger partial charge in [-0.15, -0.1) is 11.6 Å². The van der Waals surface area contributed by atoms with Crippen molar-refractivity contribution >= 4 is 11.6 Å². The van der Waals surface area contributed by atoms with Gasteiger partial charge in [0.05, 0.1) is 0 Å². The van der Waals surface area contributed by atoms with Crippen LogP contribution in [-0.4, -0.2) is 5.88 Å². The van der Waals surface area contributed by atoms with E-state index in [1.54, 1.807) is 0 Å². The first-order valence-electron chi connectivity index (χ1n) is 4.58. The molecule has 0 amide bonds. The minimum atomic E-state index is 0.329. The topological polar surface area (TPSA) is 0 Å². The lowest BCUT2D eigenvalue weighted by atomic mass is 9.83. The highest BCUT2D eigenvalue weighted by Crippen LogP contribution is 2.54. The summed E-state index contributed by atoms with van der Waals surface area (Å²) in [6.45, 7) is 6.18. The Morgan fingerprint density at radius 3 is 2.83 bits per heavy atom. The van der Waals surface area contributed by atoms with E-state index in [2.05, 4.69) is 25.7 Å². The summed E-state index contributed by atoms with van der Waals surface area (Å²) in [5.74, 6) is 2.22. The van der Waals surface area contributed by atoms with Crippen LogP contribution in [-0.2, 0) is 0 Å². The zero-order chi connectivity index (χ0) is 8.77. The van der Waals surface area contributed by atoms with Crippen LogP contribution >= 0.6 is 11.6 Å². The molecule has 0 aromatic rings. The van der Waals surface area contributed by atoms with Gasteiger partial charge in [0.25, 0.3) is 0 Å². The Labute approximate surface area is 79.3 Å². The highest BCUT2D eigenvalue weighted by molar-refractivity contribution is 6.18. The lowest BCUT2D eigenvalue weighted by Crippen LogP contribution is -2.16. The average molecular weight is 183 g/mol. The van der Waals surface area contributed by atoms with Gasteiger partial charge >= 0.3 is 0 Å². The molecule has 0 N–H and O–H groups in total. The summed E-state index contributed by atoms with van der Waals surface area (Å²) < 4.78 is 0. The minimum Gasteiger partial charge on any atom is -0.126 e. The van der Waals surface area contributed by atoms with Gasteiger partial charge in [0.2, 0.25) is 0 Å². The van der Waals surface area contributed by atoms with Crippen molar-refractivity contribution in [3.05, 3.63) is 24.3 Å². The van der Waals surface area contributed by atoms with E-state index in [-0.39, 0.29) is 0 Å². The van der Waals surface area contributed by atoms with E-state index < -0.39 is 0 Å². The minimum absolute atomic E-state index is 0.329. The molecule has 0 aromatic carbocycles. The number of hydrogen-bond acceptors (Lipinski definition) is 0. The molecule has 0 heterocycles. The number of alkyl halides is 1. The van der Waals surface area contributed by atoms with Crippen LogP contribution in [0.25, 0.3) is 0 Å². The normalized spacial score (nSPS) is 43.8. The third kappa shape index (κ3) is 1.05. The fourth-order valence-corrected chi connectivity index (χ4v) is 2.95. The molecule has 0 spiro atoms. The van der Waals surface area contributed by atoms with Crippen LogP contribution in [0.4, 0.5) is 0 Å². The molecule has 0 nitrogen and oxygen atoms in total. The quantitative estimate of drug-likeness (QED) is 0.454. The van der Waals surface area contributed by atoms with Crippen molar-refractivity contribution in [2.24, 2.45) is 17.3 Å². The largest absolute Gasteiger partial charge is 0.126 e. The van der Waals surface area contributed by atoms with Crippen molar-refractivity contribution in [3.8, 4) is 0 Å². The molecule has 66 valence electrons. The van der Waals surface area contributed by atoms with Gasteiger partial charge in [-0.3, -0.25) is 0 Å². The fourth-order valence-electron chi connectivity index (χ4n) is 2.64. The van der Waals surface area contributed by atoms with Crippen LogP contribution < -0.4 is 0 Å². The van der Waals surface area contributed by atoms with Gasteiger partial charge in [-0.25, -0.2) is 0 Å². The van der Waals surface area contributed by atoms with E-state index in [1.807, 2.05) is 0 Å². The van der Waals surface area contributed by atoms with Crippen LogP contribution in [0.5, 0.6) is 0 Å². The van der Waals surface area contributed by atoms with Gasteiger partial charge in [0, 0.05) is 11.3 Å². The third-order valence-electron chi connectivity index (χ3n) is 3.38. The van der Waals surface area contributed by atoms with E-state index in [1.165, 1.54) is 18.4 Å². The summed E-state index contributed by atoms with van der Waals surface area (Å²) in [5, 5.41) is 0. The van der Waals surface area contributed by atoms with Gasteiger partial charge in [0.1, 0.15) is 0 Å². The van der Waals surface area contributed by atoms with Crippen molar-refractivity contribution in [3.63, 3.8) is 0 Å². The van der Waals surface area contributed by atoms with Gasteiger partial charge in [-0.05, 0) is 31.6 Å². The summed E-state index contributed by atoms with van der Waals surface area (Å²) in [5.41, 5.74) is 1.66. The van der Waals surface area contributed by atoms with Crippen LogP contribution in [0.3, 0.4) is 0 Å². The summed E-state index contributed by atoms with van der Waals surface area (Å²) in [4.78, 5) is 0. The molecule has 0 aliphatic heterocycles. The number of allylic oxidation sites excluding steroid dienone is 3. The second kappa shape index (κ2) is 2.63. The lowest BCUT2D eigenvalue weighted by Gasteiger charge is -2.23. The Balaban J connectivity index is 2.21. The first kappa shape index (κ1) is 8.37. The predicted molar refractivity (Wildman–Crippen MR) is 53.3 cm³/mol. The molecular formula is C11H15Cl. The van der Waals surface area contributed by atoms with Gasteiger partial charge in [-0.2, -0.15) is 0 Å². The predicted octanol–water partition coefficient (Wildman–Crippen LogP) is 3.38. The maximum atomic E-state index is 5.98. The molecule has 12 heavy (non-hydrogen) atoms. The highest BCUT2D eigenvalue weighted by atomic mass is 35.5. The average Bonchev–Trinajstić information content (AvgIpc) is 2.61. The summed E-state index contributed by atoms with van der Waals surface area (Å²) in [7, 11) is 0. The molecule has 0 aromatic heterocycles. The summed E-state index contributed by atoms with van der Waals surface area (Å²) in [6.07, 6.45) is 7.15. The number of fused-ring (bicyclic) bond motifs is 2. The molecule has 1 saturated carbocycles. The standard InChI is InChI=1S/C11H15Cl/c1-8(2)10-6-11(7-12)4-3-9(10)5-11/h3-4,9-10H,1,5-7H2,2H3. The van der Waals surface area contributed by atoms with E-state index in [4.69, 9.17) is 11.6 Å². The maximum Gasteiger partial charge on any atom is 0.0315 e. The molecule has 2 rings (SSSR count). The first-order valence-corrected chi connectivity index (χ1v) is 5.11. The molecular weight excluding hydrogens is 168 g/mol. The fraction of sp³-hybridized carbons (Fsp3) is 0.636. The van der Waals surface area contributed by atoms with E-state index in [0.717, 1.165) is 11.8 Å². The summed E-state index contributed by atoms with van der Waals surface area (Å²) >= 11 is 5.98. The van der Waals surface area contributed by atoms with Crippen LogP contribution in [0, 0.1) is 17.3 Å². The van der Waals surface area contributed by atoms with Crippen LogP contribution in [0.15, 0.2) is 24.3 Å². The van der Waals surface area contributed by atoms with Gasteiger partial charge < -0.3 is 0 Å². The molecule has 1 heteroatoms. The molecule has 0 radical (unpaired) electrons. The van der Waals surface area contributed by atoms with Crippen molar-refractivity contribution in [1.29, 1.82) is 0 Å². The Kier molecular flexibility index (Phi) is 1.84. The van der Waals surface area contributed by atoms with Crippen molar-refractivity contribution in [1.82, 2.24) is 0 Å². The second-order valence-electron chi connectivity index (χ2n) is 4.38. The van der Waals surface area contributed by atoms with Crippen molar-refractivity contribution < 1.29 is 0 Å². The molecule has 2 aliphatic carbocycles. The lowest BCUT2D eigenvalue weighted by molar-refractivity contribution is 0.437. The van der Waals surface area contributed by atoms with Crippen molar-refractivity contribution in [2.45, 2.75) is 19.8 Å². The first-order chi connectivity index (χ1) is 5.67. The Hall–Kier alpha value is -0.230. The zero-order valence-corrected chi connectivity index (χ0v) is 8.27. The maximum absolute atomic E-state index is 5.98. The number of hydrogen-bond donors (Lipinski definition) is 0. The number of rotatable bonds is 2. The van der Waals surface area contributed by atoms with Gasteiger partial charge in [-0.1, -0.05) is 24.3 Å². The zero-order valence-electron chi connectivity index (χ0n) is 7.52. The second-order valence-corrected chi connectivity index (χ2v) is 4.65. The Bertz CT molecular complexity index is 241. The van der Waals surface area contributed by atoms with Gasteiger partial charge in [0.15, 0.2) is 0 Å². The van der Waals surface area contributed by atoms with E-state index in [9.17, 15) is 0 Å². The third-order valence-corrected chi connectivity index (χ3v) is 3.91. The van der Waals surface area contributed by atoms with Crippen LogP contribution in [0.1, 0.15) is 19.8 Å². The van der Waals surface area contributed by atoms with Crippen LogP contribution in [0.2, 0.25) is 0 Å². The Morgan fingerprint density at radius 1 is 1.67 bits per heavy atom. The number of halogens is 1. The molecule has 0 saturated heterocycles. The summed E-state index contributed by atoms with van der Waals surface area (Å²) in [6, 6.07) is 0. The molecule has 3 unspecified atom stereocenters. The van der Waals surface area contributed by atoms with Crippen molar-refractivity contribution in [2.75, 3.05) is 5.88 Å². The molecule has 2 aliphatic rings. The molecule has 1 fully saturated rings.